The Morgan fingerprint density at radius 3 is 2.75 bits per heavy atom. The number of hydrogen-bond donors (Lipinski definition) is 2. The molecule has 0 aromatic carbocycles. The topological polar surface area (TPSA) is 67.8 Å². The van der Waals surface area contributed by atoms with Gasteiger partial charge in [0.25, 0.3) is 0 Å². The molecule has 2 saturated carbocycles. The van der Waals surface area contributed by atoms with Crippen LogP contribution in [0.2, 0.25) is 0 Å². The van der Waals surface area contributed by atoms with Gasteiger partial charge in [-0.2, -0.15) is 0 Å². The number of aliphatic carboxylic acids is 1. The molecular formula is C15H27NO4. The molecular weight excluding hydrogens is 258 g/mol. The van der Waals surface area contributed by atoms with Gasteiger partial charge in [0.05, 0.1) is 19.3 Å². The van der Waals surface area contributed by atoms with Crippen molar-refractivity contribution in [3.63, 3.8) is 0 Å². The first-order valence-electron chi connectivity index (χ1n) is 7.87. The predicted octanol–water partition coefficient (Wildman–Crippen LogP) is 1.95. The molecule has 116 valence electrons. The largest absolute Gasteiger partial charge is 0.480 e. The molecule has 0 aromatic heterocycles. The van der Waals surface area contributed by atoms with Gasteiger partial charge in [0.15, 0.2) is 0 Å². The first-order valence-corrected chi connectivity index (χ1v) is 7.87. The molecule has 0 bridgehead atoms. The lowest BCUT2D eigenvalue weighted by molar-refractivity contribution is -0.145. The Kier molecular flexibility index (Phi) is 5.81. The molecule has 2 aliphatic carbocycles. The molecule has 0 amide bonds. The van der Waals surface area contributed by atoms with Crippen molar-refractivity contribution in [2.24, 2.45) is 0 Å². The van der Waals surface area contributed by atoms with Crippen LogP contribution in [0.3, 0.4) is 0 Å². The minimum Gasteiger partial charge on any atom is -0.480 e. The number of nitrogens with one attached hydrogen (secondary N) is 1. The number of carboxylic acids is 1. The zero-order chi connectivity index (χ0) is 14.4. The number of unbranched alkanes of at least 4 members (excludes halogenated alkanes) is 1. The summed E-state index contributed by atoms with van der Waals surface area (Å²) in [6, 6.07) is 0.405. The van der Waals surface area contributed by atoms with E-state index in [-0.39, 0.29) is 6.10 Å². The second-order valence-electron chi connectivity index (χ2n) is 6.01. The van der Waals surface area contributed by atoms with Gasteiger partial charge in [0.2, 0.25) is 0 Å². The van der Waals surface area contributed by atoms with Crippen molar-refractivity contribution >= 4 is 5.97 Å². The van der Waals surface area contributed by atoms with Crippen LogP contribution in [0.5, 0.6) is 0 Å². The lowest BCUT2D eigenvalue weighted by Crippen LogP contribution is -2.51. The van der Waals surface area contributed by atoms with Gasteiger partial charge in [-0.1, -0.05) is 13.3 Å². The van der Waals surface area contributed by atoms with Crippen LogP contribution in [-0.4, -0.2) is 48.6 Å². The van der Waals surface area contributed by atoms with E-state index in [0.29, 0.717) is 32.1 Å². The van der Waals surface area contributed by atoms with Crippen molar-refractivity contribution in [3.8, 4) is 0 Å². The molecule has 2 aliphatic rings. The third-order valence-corrected chi connectivity index (χ3v) is 4.16. The highest BCUT2D eigenvalue weighted by molar-refractivity contribution is 5.79. The van der Waals surface area contributed by atoms with E-state index in [0.717, 1.165) is 38.7 Å². The van der Waals surface area contributed by atoms with Gasteiger partial charge in [0.1, 0.15) is 5.54 Å². The smallest absolute Gasteiger partial charge is 0.324 e. The van der Waals surface area contributed by atoms with Gasteiger partial charge < -0.3 is 14.6 Å². The zero-order valence-corrected chi connectivity index (χ0v) is 12.4. The molecule has 0 aliphatic heterocycles. The van der Waals surface area contributed by atoms with E-state index in [1.807, 2.05) is 0 Å². The number of rotatable bonds is 10. The van der Waals surface area contributed by atoms with Gasteiger partial charge in [-0.15, -0.1) is 0 Å². The van der Waals surface area contributed by atoms with E-state index >= 15 is 0 Å². The molecule has 2 atom stereocenters. The van der Waals surface area contributed by atoms with Crippen molar-refractivity contribution in [2.75, 3.05) is 19.8 Å². The summed E-state index contributed by atoms with van der Waals surface area (Å²) >= 11 is 0. The van der Waals surface area contributed by atoms with Crippen LogP contribution in [-0.2, 0) is 14.3 Å². The maximum absolute atomic E-state index is 11.5. The Morgan fingerprint density at radius 1 is 1.30 bits per heavy atom. The third kappa shape index (κ3) is 4.43. The van der Waals surface area contributed by atoms with Crippen LogP contribution in [0.25, 0.3) is 0 Å². The molecule has 0 spiro atoms. The Bertz CT molecular complexity index is 319. The third-order valence-electron chi connectivity index (χ3n) is 4.16. The summed E-state index contributed by atoms with van der Waals surface area (Å²) in [4.78, 5) is 11.5. The van der Waals surface area contributed by atoms with Gasteiger partial charge in [-0.05, 0) is 32.1 Å². The van der Waals surface area contributed by atoms with Gasteiger partial charge in [-0.25, -0.2) is 0 Å². The fourth-order valence-electron chi connectivity index (χ4n) is 2.77. The molecule has 2 N–H and O–H groups in total. The highest BCUT2D eigenvalue weighted by atomic mass is 16.5. The fraction of sp³-hybridized carbons (Fsp3) is 0.933. The van der Waals surface area contributed by atoms with E-state index in [1.165, 1.54) is 0 Å². The Balaban J connectivity index is 1.66. The molecule has 2 rings (SSSR count). The molecule has 20 heavy (non-hydrogen) atoms. The van der Waals surface area contributed by atoms with Crippen LogP contribution < -0.4 is 5.32 Å². The molecule has 5 heteroatoms. The normalized spacial score (nSPS) is 29.8. The van der Waals surface area contributed by atoms with E-state index in [1.54, 1.807) is 0 Å². The van der Waals surface area contributed by atoms with Crippen molar-refractivity contribution in [3.05, 3.63) is 0 Å². The SMILES string of the molecule is CCCCOCCOC1CCC(NC2CC2)(C(=O)O)C1. The summed E-state index contributed by atoms with van der Waals surface area (Å²) in [5, 5.41) is 12.8. The van der Waals surface area contributed by atoms with E-state index in [4.69, 9.17) is 9.47 Å². The van der Waals surface area contributed by atoms with Crippen molar-refractivity contribution in [2.45, 2.75) is 69.6 Å². The van der Waals surface area contributed by atoms with Crippen LogP contribution >= 0.6 is 0 Å². The second-order valence-corrected chi connectivity index (χ2v) is 6.01. The molecule has 5 nitrogen and oxygen atoms in total. The van der Waals surface area contributed by atoms with Gasteiger partial charge in [0, 0.05) is 19.1 Å². The average molecular weight is 285 g/mol. The van der Waals surface area contributed by atoms with E-state index in [9.17, 15) is 9.90 Å². The molecule has 0 aromatic rings. The first kappa shape index (κ1) is 15.7. The number of carboxylic acid groups (broad SMARTS) is 1. The lowest BCUT2D eigenvalue weighted by Gasteiger charge is -2.26. The average Bonchev–Trinajstić information content (AvgIpc) is 3.13. The molecule has 0 saturated heterocycles. The highest BCUT2D eigenvalue weighted by Crippen LogP contribution is 2.35. The maximum Gasteiger partial charge on any atom is 0.324 e. The molecule has 0 radical (unpaired) electrons. The van der Waals surface area contributed by atoms with Crippen molar-refractivity contribution in [1.29, 1.82) is 0 Å². The number of ether oxygens (including phenoxy) is 2. The summed E-state index contributed by atoms with van der Waals surface area (Å²) in [5.74, 6) is -0.727. The molecule has 2 unspecified atom stereocenters. The summed E-state index contributed by atoms with van der Waals surface area (Å²) in [6.45, 7) is 4.09. The fourth-order valence-corrected chi connectivity index (χ4v) is 2.77. The van der Waals surface area contributed by atoms with Gasteiger partial charge in [-0.3, -0.25) is 10.1 Å². The Hall–Kier alpha value is -0.650. The summed E-state index contributed by atoms with van der Waals surface area (Å²) in [7, 11) is 0. The standard InChI is InChI=1S/C15H27NO4/c1-2-3-8-19-9-10-20-13-6-7-15(11-13,14(17)18)16-12-4-5-12/h12-13,16H,2-11H2,1H3,(H,17,18). The summed E-state index contributed by atoms with van der Waals surface area (Å²) < 4.78 is 11.2. The van der Waals surface area contributed by atoms with Crippen LogP contribution in [0.15, 0.2) is 0 Å². The monoisotopic (exact) mass is 285 g/mol. The van der Waals surface area contributed by atoms with E-state index < -0.39 is 11.5 Å². The Labute approximate surface area is 121 Å². The quantitative estimate of drug-likeness (QED) is 0.600. The van der Waals surface area contributed by atoms with Crippen LogP contribution in [0.1, 0.15) is 51.9 Å². The Morgan fingerprint density at radius 2 is 2.10 bits per heavy atom. The van der Waals surface area contributed by atoms with Crippen molar-refractivity contribution < 1.29 is 19.4 Å². The first-order chi connectivity index (χ1) is 9.66. The molecule has 2 fully saturated rings. The predicted molar refractivity (Wildman–Crippen MR) is 75.8 cm³/mol. The summed E-state index contributed by atoms with van der Waals surface area (Å²) in [6.07, 6.45) is 6.54. The highest BCUT2D eigenvalue weighted by Gasteiger charge is 2.48. The van der Waals surface area contributed by atoms with Crippen LogP contribution in [0.4, 0.5) is 0 Å². The summed E-state index contributed by atoms with van der Waals surface area (Å²) in [5.41, 5.74) is -0.755. The molecule has 0 heterocycles. The maximum atomic E-state index is 11.5. The minimum absolute atomic E-state index is 0.0483. The van der Waals surface area contributed by atoms with E-state index in [2.05, 4.69) is 12.2 Å². The number of hydrogen-bond acceptors (Lipinski definition) is 4. The van der Waals surface area contributed by atoms with Gasteiger partial charge >= 0.3 is 5.97 Å². The number of carbonyl (C=O) groups is 1. The van der Waals surface area contributed by atoms with Crippen molar-refractivity contribution in [1.82, 2.24) is 5.32 Å². The van der Waals surface area contributed by atoms with Crippen LogP contribution in [0, 0.1) is 0 Å². The minimum atomic E-state index is -0.755. The second kappa shape index (κ2) is 7.38. The zero-order valence-electron chi connectivity index (χ0n) is 12.4. The lowest BCUT2D eigenvalue weighted by atomic mass is 9.97.